The topological polar surface area (TPSA) is 109 Å². The van der Waals surface area contributed by atoms with Crippen LogP contribution in [-0.2, 0) is 0 Å². The van der Waals surface area contributed by atoms with Crippen molar-refractivity contribution in [2.45, 2.75) is 9.79 Å². The van der Waals surface area contributed by atoms with Crippen molar-refractivity contribution >= 4 is 41.2 Å². The van der Waals surface area contributed by atoms with E-state index in [4.69, 9.17) is 11.6 Å². The predicted octanol–water partition coefficient (Wildman–Crippen LogP) is 3.95. The quantitative estimate of drug-likeness (QED) is 0.497. The molecule has 0 fully saturated rings. The van der Waals surface area contributed by atoms with Crippen molar-refractivity contribution in [1.29, 1.82) is 0 Å². The molecule has 0 saturated carbocycles. The minimum atomic E-state index is -1.05. The highest BCUT2D eigenvalue weighted by molar-refractivity contribution is 7.99. The number of aromatic amines is 2. The highest BCUT2D eigenvalue weighted by atomic mass is 35.5. The molecule has 1 aromatic heterocycles. The SMILES string of the molecule is O=c1[nH]c(C=Cc2ccccc2Sc2ccc(Cl)cc2)c([N+](=O)[O-])c(=O)[nH]1. The van der Waals surface area contributed by atoms with Gasteiger partial charge in [-0.3, -0.25) is 19.9 Å². The van der Waals surface area contributed by atoms with Gasteiger partial charge in [0, 0.05) is 14.8 Å². The van der Waals surface area contributed by atoms with Crippen LogP contribution in [0.25, 0.3) is 12.2 Å². The lowest BCUT2D eigenvalue weighted by atomic mass is 10.2. The Balaban J connectivity index is 1.97. The first-order valence-electron chi connectivity index (χ1n) is 7.65. The first-order chi connectivity index (χ1) is 12.9. The van der Waals surface area contributed by atoms with E-state index in [9.17, 15) is 19.7 Å². The van der Waals surface area contributed by atoms with Gasteiger partial charge in [-0.2, -0.15) is 0 Å². The van der Waals surface area contributed by atoms with Gasteiger partial charge in [0.2, 0.25) is 0 Å². The Morgan fingerprint density at radius 2 is 1.70 bits per heavy atom. The second-order valence-electron chi connectivity index (χ2n) is 5.35. The molecule has 0 aliphatic carbocycles. The molecule has 3 aromatic rings. The molecule has 9 heteroatoms. The van der Waals surface area contributed by atoms with Gasteiger partial charge in [-0.1, -0.05) is 47.6 Å². The van der Waals surface area contributed by atoms with Crippen LogP contribution in [0.4, 0.5) is 5.69 Å². The van der Waals surface area contributed by atoms with Gasteiger partial charge in [-0.05, 0) is 42.0 Å². The molecule has 0 unspecified atom stereocenters. The van der Waals surface area contributed by atoms with Crippen molar-refractivity contribution in [3.05, 3.63) is 95.8 Å². The average Bonchev–Trinajstić information content (AvgIpc) is 2.62. The molecule has 7 nitrogen and oxygen atoms in total. The van der Waals surface area contributed by atoms with Crippen molar-refractivity contribution in [2.24, 2.45) is 0 Å². The maximum Gasteiger partial charge on any atom is 0.357 e. The van der Waals surface area contributed by atoms with Gasteiger partial charge in [0.15, 0.2) is 0 Å². The molecule has 0 saturated heterocycles. The lowest BCUT2D eigenvalue weighted by Crippen LogP contribution is -2.25. The van der Waals surface area contributed by atoms with E-state index in [1.54, 1.807) is 18.2 Å². The summed E-state index contributed by atoms with van der Waals surface area (Å²) in [5.41, 5.74) is -1.97. The number of aromatic nitrogens is 2. The maximum absolute atomic E-state index is 11.7. The smallest absolute Gasteiger partial charge is 0.301 e. The number of rotatable bonds is 5. The van der Waals surface area contributed by atoms with Crippen LogP contribution < -0.4 is 11.2 Å². The van der Waals surface area contributed by atoms with Crippen molar-refractivity contribution in [2.75, 3.05) is 0 Å². The van der Waals surface area contributed by atoms with Crippen LogP contribution in [0.3, 0.4) is 0 Å². The van der Waals surface area contributed by atoms with Crippen LogP contribution in [0.15, 0.2) is 67.9 Å². The summed E-state index contributed by atoms with van der Waals surface area (Å²) in [5, 5.41) is 11.8. The van der Waals surface area contributed by atoms with E-state index in [0.717, 1.165) is 15.4 Å². The summed E-state index contributed by atoms with van der Waals surface area (Å²) in [5.74, 6) is 0. The third-order valence-corrected chi connectivity index (χ3v) is 4.87. The van der Waals surface area contributed by atoms with Gasteiger partial charge in [0.1, 0.15) is 5.69 Å². The van der Waals surface area contributed by atoms with Crippen LogP contribution in [-0.4, -0.2) is 14.9 Å². The molecule has 3 rings (SSSR count). The number of nitrogens with one attached hydrogen (secondary N) is 2. The molecule has 27 heavy (non-hydrogen) atoms. The first-order valence-corrected chi connectivity index (χ1v) is 8.85. The highest BCUT2D eigenvalue weighted by Crippen LogP contribution is 2.32. The molecule has 0 aliphatic rings. The van der Waals surface area contributed by atoms with Gasteiger partial charge in [-0.15, -0.1) is 0 Å². The summed E-state index contributed by atoms with van der Waals surface area (Å²) in [6, 6.07) is 14.7. The lowest BCUT2D eigenvalue weighted by Gasteiger charge is -2.06. The molecule has 1 heterocycles. The minimum absolute atomic E-state index is 0.167. The van der Waals surface area contributed by atoms with Gasteiger partial charge >= 0.3 is 16.9 Å². The zero-order chi connectivity index (χ0) is 19.4. The Bertz CT molecular complexity index is 1140. The van der Waals surface area contributed by atoms with Crippen LogP contribution in [0.1, 0.15) is 11.3 Å². The molecule has 0 atom stereocenters. The van der Waals surface area contributed by atoms with E-state index < -0.39 is 21.9 Å². The molecule has 0 spiro atoms. The normalized spacial score (nSPS) is 11.0. The van der Waals surface area contributed by atoms with Crippen molar-refractivity contribution in [3.63, 3.8) is 0 Å². The largest absolute Gasteiger partial charge is 0.357 e. The zero-order valence-electron chi connectivity index (χ0n) is 13.6. The molecule has 0 aliphatic heterocycles. The molecule has 0 bridgehead atoms. The number of nitro groups is 1. The summed E-state index contributed by atoms with van der Waals surface area (Å²) in [6.45, 7) is 0. The van der Waals surface area contributed by atoms with Gasteiger partial charge < -0.3 is 4.98 Å². The molecule has 0 radical (unpaired) electrons. The fraction of sp³-hybridized carbons (Fsp3) is 0. The lowest BCUT2D eigenvalue weighted by molar-refractivity contribution is -0.386. The van der Waals surface area contributed by atoms with Crippen molar-refractivity contribution in [1.82, 2.24) is 9.97 Å². The summed E-state index contributed by atoms with van der Waals surface area (Å²) < 4.78 is 0. The molecule has 136 valence electrons. The van der Waals surface area contributed by atoms with Crippen molar-refractivity contribution in [3.8, 4) is 0 Å². The number of H-pyrrole nitrogens is 2. The molecule has 2 N–H and O–H groups in total. The van der Waals surface area contributed by atoms with E-state index >= 15 is 0 Å². The Morgan fingerprint density at radius 3 is 2.41 bits per heavy atom. The number of hydrogen-bond acceptors (Lipinski definition) is 5. The third kappa shape index (κ3) is 4.55. The van der Waals surface area contributed by atoms with E-state index in [0.29, 0.717) is 5.02 Å². The van der Waals surface area contributed by atoms with E-state index in [2.05, 4.69) is 4.98 Å². The number of benzene rings is 2. The fourth-order valence-electron chi connectivity index (χ4n) is 2.31. The summed E-state index contributed by atoms with van der Waals surface area (Å²) in [4.78, 5) is 39.4. The Labute approximate surface area is 161 Å². The molecule has 2 aromatic carbocycles. The summed E-state index contributed by atoms with van der Waals surface area (Å²) >= 11 is 7.39. The number of nitrogens with zero attached hydrogens (tertiary/aromatic N) is 1. The minimum Gasteiger partial charge on any atom is -0.301 e. The fourth-order valence-corrected chi connectivity index (χ4v) is 3.37. The van der Waals surface area contributed by atoms with Gasteiger partial charge in [-0.25, -0.2) is 4.79 Å². The monoisotopic (exact) mass is 401 g/mol. The summed E-state index contributed by atoms with van der Waals surface area (Å²) in [7, 11) is 0. The van der Waals surface area contributed by atoms with E-state index in [-0.39, 0.29) is 5.69 Å². The van der Waals surface area contributed by atoms with E-state index in [1.165, 1.54) is 17.8 Å². The van der Waals surface area contributed by atoms with Crippen LogP contribution >= 0.6 is 23.4 Å². The number of halogens is 1. The zero-order valence-corrected chi connectivity index (χ0v) is 15.2. The van der Waals surface area contributed by atoms with E-state index in [1.807, 2.05) is 41.4 Å². The van der Waals surface area contributed by atoms with Gasteiger partial charge in [0.25, 0.3) is 0 Å². The standard InChI is InChI=1S/C18H12ClN3O4S/c19-12-6-8-13(9-7-12)27-15-4-2-1-3-11(15)5-10-14-16(22(25)26)17(23)21-18(24)20-14/h1-10H,(H2,20,21,23,24). The Hall–Kier alpha value is -3.10. The molecular weight excluding hydrogens is 390 g/mol. The maximum atomic E-state index is 11.7. The Kier molecular flexibility index (Phi) is 5.58. The molecule has 0 amide bonds. The van der Waals surface area contributed by atoms with Gasteiger partial charge in [0.05, 0.1) is 4.92 Å². The van der Waals surface area contributed by atoms with Crippen molar-refractivity contribution < 1.29 is 4.92 Å². The Morgan fingerprint density at radius 1 is 1.00 bits per heavy atom. The van der Waals surface area contributed by atoms with Crippen LogP contribution in [0.5, 0.6) is 0 Å². The van der Waals surface area contributed by atoms with Crippen LogP contribution in [0, 0.1) is 10.1 Å². The molecular formula is C18H12ClN3O4S. The number of hydrogen-bond donors (Lipinski definition) is 2. The predicted molar refractivity (Wildman–Crippen MR) is 105 cm³/mol. The third-order valence-electron chi connectivity index (χ3n) is 3.52. The first kappa shape index (κ1) is 18.7. The van der Waals surface area contributed by atoms with Crippen LogP contribution in [0.2, 0.25) is 5.02 Å². The highest BCUT2D eigenvalue weighted by Gasteiger charge is 2.18. The second kappa shape index (κ2) is 8.07. The average molecular weight is 402 g/mol. The summed E-state index contributed by atoms with van der Waals surface area (Å²) in [6.07, 6.45) is 2.95. The second-order valence-corrected chi connectivity index (χ2v) is 6.91.